The second-order valence-corrected chi connectivity index (χ2v) is 8.44. The molecule has 1 aliphatic heterocycles. The summed E-state index contributed by atoms with van der Waals surface area (Å²) in [5.41, 5.74) is 3.57. The van der Waals surface area contributed by atoms with E-state index >= 15 is 0 Å². The van der Waals surface area contributed by atoms with Crippen LogP contribution in [0.1, 0.15) is 45.2 Å². The van der Waals surface area contributed by atoms with Crippen LogP contribution in [0.25, 0.3) is 11.2 Å². The predicted octanol–water partition coefficient (Wildman–Crippen LogP) is 3.41. The quantitative estimate of drug-likeness (QED) is 0.639. The van der Waals surface area contributed by atoms with E-state index < -0.39 is 0 Å². The molecular weight excluding hydrogens is 352 g/mol. The Morgan fingerprint density at radius 2 is 1.89 bits per heavy atom. The predicted molar refractivity (Wildman–Crippen MR) is 112 cm³/mol. The van der Waals surface area contributed by atoms with E-state index in [-0.39, 0.29) is 5.54 Å². The van der Waals surface area contributed by atoms with E-state index in [1.807, 2.05) is 19.3 Å². The zero-order valence-electron chi connectivity index (χ0n) is 17.0. The topological polar surface area (TPSA) is 92.6 Å². The largest absolute Gasteiger partial charge is 0.350 e. The summed E-state index contributed by atoms with van der Waals surface area (Å²) in [6.45, 7) is 10.3. The third kappa shape index (κ3) is 4.06. The lowest BCUT2D eigenvalue weighted by Gasteiger charge is -2.26. The zero-order chi connectivity index (χ0) is 19.7. The number of anilines is 3. The number of piperidine rings is 1. The molecule has 3 aromatic rings. The number of aryl methyl sites for hydroxylation is 1. The normalized spacial score (nSPS) is 15.7. The van der Waals surface area contributed by atoms with Gasteiger partial charge in [0.15, 0.2) is 5.65 Å². The number of rotatable bonds is 4. The van der Waals surface area contributed by atoms with E-state index in [1.54, 1.807) is 6.20 Å². The monoisotopic (exact) mass is 380 g/mol. The van der Waals surface area contributed by atoms with Gasteiger partial charge in [-0.2, -0.15) is 4.98 Å². The van der Waals surface area contributed by atoms with Crippen molar-refractivity contribution in [2.45, 2.75) is 52.1 Å². The van der Waals surface area contributed by atoms with Crippen LogP contribution in [0.15, 0.2) is 24.7 Å². The van der Waals surface area contributed by atoms with Crippen molar-refractivity contribution in [2.24, 2.45) is 0 Å². The van der Waals surface area contributed by atoms with E-state index in [0.717, 1.165) is 54.3 Å². The molecule has 0 amide bonds. The second-order valence-electron chi connectivity index (χ2n) is 8.44. The van der Waals surface area contributed by atoms with Crippen molar-refractivity contribution in [3.8, 4) is 0 Å². The fourth-order valence-electron chi connectivity index (χ4n) is 3.54. The van der Waals surface area contributed by atoms with Crippen molar-refractivity contribution >= 4 is 28.7 Å². The van der Waals surface area contributed by atoms with E-state index in [2.05, 4.69) is 57.3 Å². The molecule has 0 atom stereocenters. The molecule has 0 spiro atoms. The molecule has 4 heterocycles. The van der Waals surface area contributed by atoms with E-state index in [0.29, 0.717) is 12.0 Å². The lowest BCUT2D eigenvalue weighted by Crippen LogP contribution is -2.30. The van der Waals surface area contributed by atoms with Crippen LogP contribution in [0.3, 0.4) is 0 Å². The van der Waals surface area contributed by atoms with Gasteiger partial charge in [-0.25, -0.2) is 9.97 Å². The molecule has 3 aromatic heterocycles. The molecule has 8 heteroatoms. The zero-order valence-corrected chi connectivity index (χ0v) is 17.0. The van der Waals surface area contributed by atoms with Gasteiger partial charge in [0.05, 0.1) is 18.1 Å². The first-order valence-corrected chi connectivity index (χ1v) is 9.82. The molecule has 1 fully saturated rings. The molecule has 0 aliphatic carbocycles. The Hall–Kier alpha value is -2.74. The fraction of sp³-hybridized carbons (Fsp3) is 0.500. The van der Waals surface area contributed by atoms with Crippen LogP contribution in [0.4, 0.5) is 17.6 Å². The first-order valence-electron chi connectivity index (χ1n) is 9.82. The van der Waals surface area contributed by atoms with Gasteiger partial charge < -0.3 is 16.0 Å². The molecule has 1 aliphatic rings. The first-order chi connectivity index (χ1) is 13.4. The van der Waals surface area contributed by atoms with Crippen molar-refractivity contribution < 1.29 is 0 Å². The van der Waals surface area contributed by atoms with Gasteiger partial charge >= 0.3 is 0 Å². The van der Waals surface area contributed by atoms with Gasteiger partial charge in [-0.05, 0) is 65.3 Å². The molecule has 28 heavy (non-hydrogen) atoms. The van der Waals surface area contributed by atoms with E-state index in [4.69, 9.17) is 9.97 Å². The number of aromatic nitrogens is 5. The second kappa shape index (κ2) is 7.35. The number of pyridine rings is 1. The summed E-state index contributed by atoms with van der Waals surface area (Å²) < 4.78 is 2.23. The van der Waals surface area contributed by atoms with Gasteiger partial charge in [-0.15, -0.1) is 0 Å². The van der Waals surface area contributed by atoms with E-state index in [1.165, 1.54) is 0 Å². The van der Waals surface area contributed by atoms with Gasteiger partial charge in [0.1, 0.15) is 5.52 Å². The highest BCUT2D eigenvalue weighted by molar-refractivity contribution is 5.76. The Morgan fingerprint density at radius 3 is 2.61 bits per heavy atom. The Balaban J connectivity index is 1.78. The minimum Gasteiger partial charge on any atom is -0.350 e. The fourth-order valence-corrected chi connectivity index (χ4v) is 3.54. The summed E-state index contributed by atoms with van der Waals surface area (Å²) in [7, 11) is 0. The third-order valence-electron chi connectivity index (χ3n) is 4.72. The molecule has 8 nitrogen and oxygen atoms in total. The summed E-state index contributed by atoms with van der Waals surface area (Å²) in [6.07, 6.45) is 7.54. The molecule has 0 aromatic carbocycles. The van der Waals surface area contributed by atoms with Crippen molar-refractivity contribution in [1.82, 2.24) is 29.8 Å². The number of hydrogen-bond donors (Lipinski definition) is 3. The minimum absolute atomic E-state index is 0.110. The lowest BCUT2D eigenvalue weighted by atomic mass is 10.1. The maximum atomic E-state index is 4.82. The molecule has 4 rings (SSSR count). The van der Waals surface area contributed by atoms with Crippen molar-refractivity contribution in [3.63, 3.8) is 0 Å². The first kappa shape index (κ1) is 18.6. The average molecular weight is 381 g/mol. The Bertz CT molecular complexity index is 966. The summed E-state index contributed by atoms with van der Waals surface area (Å²) in [6, 6.07) is 2.40. The summed E-state index contributed by atoms with van der Waals surface area (Å²) in [4.78, 5) is 18.4. The van der Waals surface area contributed by atoms with Crippen molar-refractivity contribution in [2.75, 3.05) is 23.7 Å². The molecule has 0 saturated carbocycles. The minimum atomic E-state index is -0.110. The number of hydrogen-bond acceptors (Lipinski definition) is 7. The molecule has 0 bridgehead atoms. The van der Waals surface area contributed by atoms with Crippen LogP contribution in [-0.2, 0) is 0 Å². The van der Waals surface area contributed by atoms with Gasteiger partial charge in [0, 0.05) is 17.8 Å². The molecule has 148 valence electrons. The Morgan fingerprint density at radius 1 is 1.11 bits per heavy atom. The number of imidazole rings is 1. The molecule has 3 N–H and O–H groups in total. The van der Waals surface area contributed by atoms with Crippen LogP contribution in [-0.4, -0.2) is 43.1 Å². The number of fused-ring (bicyclic) bond motifs is 1. The molecule has 1 saturated heterocycles. The molecule has 0 radical (unpaired) electrons. The molecular formula is C20H28N8. The smallest absolute Gasteiger partial charge is 0.225 e. The number of nitrogens with zero attached hydrogens (tertiary/aromatic N) is 5. The third-order valence-corrected chi connectivity index (χ3v) is 4.72. The summed E-state index contributed by atoms with van der Waals surface area (Å²) >= 11 is 0. The maximum Gasteiger partial charge on any atom is 0.225 e. The van der Waals surface area contributed by atoms with Gasteiger partial charge in [-0.3, -0.25) is 9.55 Å². The summed E-state index contributed by atoms with van der Waals surface area (Å²) in [5, 5.41) is 10.2. The highest BCUT2D eigenvalue weighted by atomic mass is 15.3. The highest BCUT2D eigenvalue weighted by Gasteiger charge is 2.23. The Kier molecular flexibility index (Phi) is 4.89. The number of nitrogens with one attached hydrogen (secondary N) is 3. The van der Waals surface area contributed by atoms with Gasteiger partial charge in [0.25, 0.3) is 0 Å². The summed E-state index contributed by atoms with van der Waals surface area (Å²) in [5.74, 6) is 1.41. The standard InChI is InChI=1S/C20H28N8/c1-13-9-14(11-22-10-13)24-19-25-16-12-23-18(27-20(2,3)4)26-17(16)28(19)15-5-7-21-8-6-15/h9-12,15,21H,5-8H2,1-4H3,(H,24,25)(H,23,26,27). The Labute approximate surface area is 165 Å². The van der Waals surface area contributed by atoms with Crippen LogP contribution < -0.4 is 16.0 Å². The average Bonchev–Trinajstić information content (AvgIpc) is 2.98. The van der Waals surface area contributed by atoms with Crippen molar-refractivity contribution in [1.29, 1.82) is 0 Å². The van der Waals surface area contributed by atoms with E-state index in [9.17, 15) is 0 Å². The SMILES string of the molecule is Cc1cncc(Nc2nc3cnc(NC(C)(C)C)nc3n2C2CCNCC2)c1. The van der Waals surface area contributed by atoms with Crippen LogP contribution in [0, 0.1) is 6.92 Å². The van der Waals surface area contributed by atoms with Crippen LogP contribution in [0.2, 0.25) is 0 Å². The lowest BCUT2D eigenvalue weighted by molar-refractivity contribution is 0.377. The van der Waals surface area contributed by atoms with Gasteiger partial charge in [-0.1, -0.05) is 0 Å². The van der Waals surface area contributed by atoms with Crippen molar-refractivity contribution in [3.05, 3.63) is 30.2 Å². The molecule has 0 unspecified atom stereocenters. The van der Waals surface area contributed by atoms with Crippen LogP contribution >= 0.6 is 0 Å². The maximum absolute atomic E-state index is 4.82. The highest BCUT2D eigenvalue weighted by Crippen LogP contribution is 2.30. The van der Waals surface area contributed by atoms with Gasteiger partial charge in [0.2, 0.25) is 11.9 Å². The van der Waals surface area contributed by atoms with Crippen LogP contribution in [0.5, 0.6) is 0 Å².